The van der Waals surface area contributed by atoms with Gasteiger partial charge in [-0.3, -0.25) is 0 Å². The Hall–Kier alpha value is -1.10. The topological polar surface area (TPSA) is 65.2 Å². The number of carbonyl (C=O) groups excluding carboxylic acids is 1. The lowest BCUT2D eigenvalue weighted by Gasteiger charge is -2.03. The molecular weight excluding hydrogens is 236 g/mol. The van der Waals surface area contributed by atoms with Crippen LogP contribution < -0.4 is 10.5 Å². The van der Waals surface area contributed by atoms with Crippen molar-refractivity contribution in [1.29, 1.82) is 0 Å². The molecule has 0 fully saturated rings. The first kappa shape index (κ1) is 9.98. The third kappa shape index (κ3) is 3.02. The van der Waals surface area contributed by atoms with Crippen LogP contribution in [0, 0.1) is 0 Å². The molecule has 0 radical (unpaired) electrons. The number of rotatable bonds is 2. The number of aromatic nitrogens is 1. The average Bonchev–Trinajstić information content (AvgIpc) is 2.04. The van der Waals surface area contributed by atoms with E-state index in [0.29, 0.717) is 0 Å². The molecule has 0 aromatic carbocycles. The number of hydrogen-bond donors (Lipinski definition) is 1. The Labute approximate surface area is 84.2 Å². The van der Waals surface area contributed by atoms with Crippen molar-refractivity contribution in [2.24, 2.45) is 5.73 Å². The second-order valence-electron chi connectivity index (χ2n) is 2.47. The smallest absolute Gasteiger partial charge is 0.391 e. The van der Waals surface area contributed by atoms with Gasteiger partial charge in [0, 0.05) is 17.1 Å². The highest BCUT2D eigenvalue weighted by atomic mass is 79.9. The van der Waals surface area contributed by atoms with Gasteiger partial charge in [-0.15, -0.1) is 0 Å². The summed E-state index contributed by atoms with van der Waals surface area (Å²) >= 11 is 3.39. The summed E-state index contributed by atoms with van der Waals surface area (Å²) in [5, 5.41) is 0. The zero-order valence-corrected chi connectivity index (χ0v) is 8.61. The lowest BCUT2D eigenvalue weighted by molar-refractivity contribution is 0.209. The average molecular weight is 245 g/mol. The monoisotopic (exact) mass is 244 g/mol. The maximum atomic E-state index is 10.3. The van der Waals surface area contributed by atoms with Gasteiger partial charge in [0.25, 0.3) is 0 Å². The Kier molecular flexibility index (Phi) is 3.25. The number of ether oxygens (including phenoxy) is 1. The number of halogens is 1. The molecular formula is C8H9BrN2O2. The van der Waals surface area contributed by atoms with Crippen molar-refractivity contribution in [3.63, 3.8) is 0 Å². The molecule has 0 saturated heterocycles. The van der Waals surface area contributed by atoms with Crippen LogP contribution in [0.2, 0.25) is 0 Å². The summed E-state index contributed by atoms with van der Waals surface area (Å²) < 4.78 is 4.56. The van der Waals surface area contributed by atoms with Crippen LogP contribution in [0.15, 0.2) is 18.3 Å². The number of amides is 1. The molecule has 1 unspecified atom stereocenters. The van der Waals surface area contributed by atoms with Gasteiger partial charge in [-0.05, 0) is 12.5 Å². The fourth-order valence-electron chi connectivity index (χ4n) is 0.790. The van der Waals surface area contributed by atoms with Crippen molar-refractivity contribution < 1.29 is 9.53 Å². The van der Waals surface area contributed by atoms with Crippen molar-refractivity contribution in [2.45, 2.75) is 11.8 Å². The standard InChI is InChI=1S/C8H9BrN2O2/c1-5(9)6-2-3-7(11-4-6)13-8(10)12/h2-5H,1H3,(H2,10,12). The summed E-state index contributed by atoms with van der Waals surface area (Å²) in [7, 11) is 0. The van der Waals surface area contributed by atoms with E-state index in [1.54, 1.807) is 12.3 Å². The number of pyridine rings is 1. The molecule has 1 heterocycles. The number of hydrogen-bond acceptors (Lipinski definition) is 3. The summed E-state index contributed by atoms with van der Waals surface area (Å²) in [4.78, 5) is 14.4. The predicted octanol–water partition coefficient (Wildman–Crippen LogP) is 1.99. The Bertz CT molecular complexity index is 298. The molecule has 1 aromatic heterocycles. The van der Waals surface area contributed by atoms with Crippen LogP contribution in [-0.2, 0) is 0 Å². The Morgan fingerprint density at radius 1 is 1.69 bits per heavy atom. The van der Waals surface area contributed by atoms with E-state index >= 15 is 0 Å². The fourth-order valence-corrected chi connectivity index (χ4v) is 1.06. The van der Waals surface area contributed by atoms with Gasteiger partial charge in [0.1, 0.15) is 0 Å². The quantitative estimate of drug-likeness (QED) is 0.810. The van der Waals surface area contributed by atoms with E-state index in [1.165, 1.54) is 0 Å². The fraction of sp³-hybridized carbons (Fsp3) is 0.250. The predicted molar refractivity (Wildman–Crippen MR) is 51.8 cm³/mol. The molecule has 0 aliphatic rings. The molecule has 0 saturated carbocycles. The van der Waals surface area contributed by atoms with Crippen LogP contribution in [-0.4, -0.2) is 11.1 Å². The Morgan fingerprint density at radius 2 is 2.38 bits per heavy atom. The summed E-state index contributed by atoms with van der Waals surface area (Å²) in [5.41, 5.74) is 5.82. The van der Waals surface area contributed by atoms with Gasteiger partial charge in [0.15, 0.2) is 0 Å². The van der Waals surface area contributed by atoms with Gasteiger partial charge < -0.3 is 10.5 Å². The van der Waals surface area contributed by atoms with Crippen molar-refractivity contribution in [3.8, 4) is 5.88 Å². The number of primary amides is 1. The van der Waals surface area contributed by atoms with Gasteiger partial charge in [-0.1, -0.05) is 22.0 Å². The first-order valence-corrected chi connectivity index (χ1v) is 4.58. The van der Waals surface area contributed by atoms with Crippen LogP contribution >= 0.6 is 15.9 Å². The maximum Gasteiger partial charge on any atom is 0.411 e. The van der Waals surface area contributed by atoms with E-state index in [2.05, 4.69) is 25.7 Å². The summed E-state index contributed by atoms with van der Waals surface area (Å²) in [6, 6.07) is 3.41. The number of nitrogens with two attached hydrogens (primary N) is 1. The lowest BCUT2D eigenvalue weighted by Crippen LogP contribution is -2.16. The summed E-state index contributed by atoms with van der Waals surface area (Å²) in [6.07, 6.45) is 0.768. The van der Waals surface area contributed by atoms with Crippen LogP contribution in [0.4, 0.5) is 4.79 Å². The van der Waals surface area contributed by atoms with E-state index in [4.69, 9.17) is 5.73 Å². The Balaban J connectivity index is 2.75. The second kappa shape index (κ2) is 4.23. The molecule has 1 aromatic rings. The summed E-state index contributed by atoms with van der Waals surface area (Å²) in [5.74, 6) is 0.212. The molecule has 1 atom stereocenters. The molecule has 2 N–H and O–H groups in total. The Morgan fingerprint density at radius 3 is 2.77 bits per heavy atom. The molecule has 0 bridgehead atoms. The molecule has 0 aliphatic heterocycles. The van der Waals surface area contributed by atoms with E-state index < -0.39 is 6.09 Å². The molecule has 1 amide bonds. The lowest BCUT2D eigenvalue weighted by atomic mass is 10.2. The van der Waals surface area contributed by atoms with E-state index in [-0.39, 0.29) is 10.7 Å². The maximum absolute atomic E-state index is 10.3. The largest absolute Gasteiger partial charge is 0.411 e. The minimum atomic E-state index is -0.854. The number of nitrogens with zero attached hydrogens (tertiary/aromatic N) is 1. The van der Waals surface area contributed by atoms with Gasteiger partial charge in [-0.25, -0.2) is 9.78 Å². The van der Waals surface area contributed by atoms with Crippen molar-refractivity contribution in [1.82, 2.24) is 4.98 Å². The molecule has 13 heavy (non-hydrogen) atoms. The highest BCUT2D eigenvalue weighted by Gasteiger charge is 2.03. The molecule has 70 valence electrons. The van der Waals surface area contributed by atoms with Crippen LogP contribution in [0.25, 0.3) is 0 Å². The third-order valence-corrected chi connectivity index (χ3v) is 1.95. The van der Waals surface area contributed by atoms with Crippen LogP contribution in [0.1, 0.15) is 17.3 Å². The normalized spacial score (nSPS) is 12.2. The zero-order valence-electron chi connectivity index (χ0n) is 7.03. The minimum absolute atomic E-state index is 0.212. The van der Waals surface area contributed by atoms with Crippen LogP contribution in [0.3, 0.4) is 0 Å². The molecule has 4 nitrogen and oxygen atoms in total. The van der Waals surface area contributed by atoms with Gasteiger partial charge in [-0.2, -0.15) is 0 Å². The second-order valence-corrected chi connectivity index (χ2v) is 3.84. The highest BCUT2D eigenvalue weighted by Crippen LogP contribution is 2.21. The summed E-state index contributed by atoms with van der Waals surface area (Å²) in [6.45, 7) is 1.98. The van der Waals surface area contributed by atoms with Crippen molar-refractivity contribution in [3.05, 3.63) is 23.9 Å². The molecule has 0 aliphatic carbocycles. The molecule has 1 rings (SSSR count). The molecule has 0 spiro atoms. The minimum Gasteiger partial charge on any atom is -0.391 e. The van der Waals surface area contributed by atoms with E-state index in [1.807, 2.05) is 13.0 Å². The van der Waals surface area contributed by atoms with Crippen molar-refractivity contribution >= 4 is 22.0 Å². The first-order valence-electron chi connectivity index (χ1n) is 3.67. The van der Waals surface area contributed by atoms with Gasteiger partial charge >= 0.3 is 6.09 Å². The van der Waals surface area contributed by atoms with E-state index in [9.17, 15) is 4.79 Å². The van der Waals surface area contributed by atoms with Gasteiger partial charge in [0.2, 0.25) is 5.88 Å². The molecule has 5 heteroatoms. The van der Waals surface area contributed by atoms with Crippen LogP contribution in [0.5, 0.6) is 5.88 Å². The zero-order chi connectivity index (χ0) is 9.84. The third-order valence-electron chi connectivity index (χ3n) is 1.42. The van der Waals surface area contributed by atoms with E-state index in [0.717, 1.165) is 5.56 Å². The number of alkyl halides is 1. The van der Waals surface area contributed by atoms with Gasteiger partial charge in [0.05, 0.1) is 0 Å². The SMILES string of the molecule is CC(Br)c1ccc(OC(N)=O)nc1. The number of carbonyl (C=O) groups is 1. The van der Waals surface area contributed by atoms with Crippen molar-refractivity contribution in [2.75, 3.05) is 0 Å². The highest BCUT2D eigenvalue weighted by molar-refractivity contribution is 9.09. The first-order chi connectivity index (χ1) is 6.09.